The monoisotopic (exact) mass is 222 g/mol. The Kier molecular flexibility index (Phi) is 3.54. The van der Waals surface area contributed by atoms with Crippen molar-refractivity contribution >= 4 is 0 Å². The first kappa shape index (κ1) is 11.1. The predicted octanol–water partition coefficient (Wildman–Crippen LogP) is 3.23. The van der Waals surface area contributed by atoms with Crippen LogP contribution in [0, 0.1) is 5.92 Å². The van der Waals surface area contributed by atoms with E-state index in [0.29, 0.717) is 6.79 Å². The molecule has 3 heteroatoms. The van der Waals surface area contributed by atoms with Crippen LogP contribution in [-0.2, 0) is 0 Å². The summed E-state index contributed by atoms with van der Waals surface area (Å²) >= 11 is 0. The van der Waals surface area contributed by atoms with E-state index in [9.17, 15) is 0 Å². The summed E-state index contributed by atoms with van der Waals surface area (Å²) < 4.78 is 16.2. The van der Waals surface area contributed by atoms with E-state index in [2.05, 4.69) is 13.8 Å². The molecule has 3 nitrogen and oxygen atoms in total. The molecule has 0 fully saturated rings. The standard InChI is InChI=1S/C13H18O3/c1-10(2)4-3-7-14-11-5-6-12-13(8-11)16-9-15-12/h5-6,8,10H,3-4,7,9H2,1-2H3. The number of rotatable bonds is 5. The lowest BCUT2D eigenvalue weighted by Crippen LogP contribution is -1.99. The van der Waals surface area contributed by atoms with Crippen LogP contribution >= 0.6 is 0 Å². The van der Waals surface area contributed by atoms with Crippen molar-refractivity contribution in [2.75, 3.05) is 13.4 Å². The lowest BCUT2D eigenvalue weighted by atomic mass is 10.1. The minimum atomic E-state index is 0.312. The molecule has 0 atom stereocenters. The van der Waals surface area contributed by atoms with Gasteiger partial charge in [-0.1, -0.05) is 13.8 Å². The van der Waals surface area contributed by atoms with Gasteiger partial charge in [0.25, 0.3) is 0 Å². The van der Waals surface area contributed by atoms with Crippen molar-refractivity contribution in [1.29, 1.82) is 0 Å². The van der Waals surface area contributed by atoms with E-state index in [-0.39, 0.29) is 0 Å². The van der Waals surface area contributed by atoms with E-state index in [1.165, 1.54) is 6.42 Å². The number of hydrogen-bond donors (Lipinski definition) is 0. The Hall–Kier alpha value is -1.38. The molecule has 1 aromatic rings. The molecule has 0 amide bonds. The minimum Gasteiger partial charge on any atom is -0.493 e. The molecule has 88 valence electrons. The zero-order valence-corrected chi connectivity index (χ0v) is 9.86. The van der Waals surface area contributed by atoms with Gasteiger partial charge in [0.1, 0.15) is 5.75 Å². The van der Waals surface area contributed by atoms with Gasteiger partial charge in [0.05, 0.1) is 6.61 Å². The van der Waals surface area contributed by atoms with Crippen molar-refractivity contribution in [3.05, 3.63) is 18.2 Å². The number of ether oxygens (including phenoxy) is 3. The second kappa shape index (κ2) is 5.10. The van der Waals surface area contributed by atoms with Crippen molar-refractivity contribution < 1.29 is 14.2 Å². The van der Waals surface area contributed by atoms with Crippen LogP contribution in [0.2, 0.25) is 0 Å². The maximum absolute atomic E-state index is 5.65. The highest BCUT2D eigenvalue weighted by atomic mass is 16.7. The molecule has 0 aliphatic carbocycles. The van der Waals surface area contributed by atoms with Crippen LogP contribution in [0.15, 0.2) is 18.2 Å². The zero-order chi connectivity index (χ0) is 11.4. The smallest absolute Gasteiger partial charge is 0.231 e. The fourth-order valence-electron chi connectivity index (χ4n) is 1.65. The molecular formula is C13H18O3. The number of fused-ring (bicyclic) bond motifs is 1. The third kappa shape index (κ3) is 2.81. The quantitative estimate of drug-likeness (QED) is 0.716. The van der Waals surface area contributed by atoms with E-state index in [1.807, 2.05) is 18.2 Å². The van der Waals surface area contributed by atoms with Crippen LogP contribution in [-0.4, -0.2) is 13.4 Å². The van der Waals surface area contributed by atoms with Gasteiger partial charge in [0.15, 0.2) is 11.5 Å². The molecule has 1 aliphatic heterocycles. The highest BCUT2D eigenvalue weighted by molar-refractivity contribution is 5.46. The molecule has 0 saturated carbocycles. The van der Waals surface area contributed by atoms with Gasteiger partial charge in [0.2, 0.25) is 6.79 Å². The molecule has 1 heterocycles. The maximum atomic E-state index is 5.65. The summed E-state index contributed by atoms with van der Waals surface area (Å²) in [5, 5.41) is 0. The first-order chi connectivity index (χ1) is 7.75. The van der Waals surface area contributed by atoms with Gasteiger partial charge in [-0.25, -0.2) is 0 Å². The van der Waals surface area contributed by atoms with E-state index < -0.39 is 0 Å². The Morgan fingerprint density at radius 3 is 2.88 bits per heavy atom. The third-order valence-electron chi connectivity index (χ3n) is 2.54. The van der Waals surface area contributed by atoms with Gasteiger partial charge in [-0.05, 0) is 30.9 Å². The molecule has 0 spiro atoms. The second-order valence-electron chi connectivity index (χ2n) is 4.40. The lowest BCUT2D eigenvalue weighted by molar-refractivity contribution is 0.173. The largest absolute Gasteiger partial charge is 0.493 e. The van der Waals surface area contributed by atoms with Crippen molar-refractivity contribution in [2.24, 2.45) is 5.92 Å². The lowest BCUT2D eigenvalue weighted by Gasteiger charge is -2.08. The van der Waals surface area contributed by atoms with Crippen LogP contribution in [0.3, 0.4) is 0 Å². The van der Waals surface area contributed by atoms with Gasteiger partial charge in [0, 0.05) is 6.07 Å². The summed E-state index contributed by atoms with van der Waals surface area (Å²) in [5.74, 6) is 3.17. The fraction of sp³-hybridized carbons (Fsp3) is 0.538. The van der Waals surface area contributed by atoms with E-state index in [4.69, 9.17) is 14.2 Å². The Morgan fingerprint density at radius 1 is 1.25 bits per heavy atom. The molecule has 0 unspecified atom stereocenters. The summed E-state index contributed by atoms with van der Waals surface area (Å²) in [4.78, 5) is 0. The number of hydrogen-bond acceptors (Lipinski definition) is 3. The summed E-state index contributed by atoms with van der Waals surface area (Å²) in [6.07, 6.45) is 2.29. The highest BCUT2D eigenvalue weighted by Crippen LogP contribution is 2.35. The molecule has 1 aliphatic rings. The Morgan fingerprint density at radius 2 is 2.06 bits per heavy atom. The summed E-state index contributed by atoms with van der Waals surface area (Å²) in [7, 11) is 0. The van der Waals surface area contributed by atoms with Crippen molar-refractivity contribution in [1.82, 2.24) is 0 Å². The molecule has 1 aromatic carbocycles. The van der Waals surface area contributed by atoms with E-state index in [1.54, 1.807) is 0 Å². The van der Waals surface area contributed by atoms with Gasteiger partial charge in [-0.15, -0.1) is 0 Å². The van der Waals surface area contributed by atoms with Crippen LogP contribution in [0.5, 0.6) is 17.2 Å². The molecule has 0 saturated heterocycles. The topological polar surface area (TPSA) is 27.7 Å². The van der Waals surface area contributed by atoms with Crippen LogP contribution in [0.25, 0.3) is 0 Å². The normalized spacial score (nSPS) is 13.2. The Bertz CT molecular complexity index is 347. The summed E-state index contributed by atoms with van der Waals surface area (Å²) in [6.45, 7) is 5.52. The van der Waals surface area contributed by atoms with Gasteiger partial charge < -0.3 is 14.2 Å². The van der Waals surface area contributed by atoms with Crippen LogP contribution < -0.4 is 14.2 Å². The minimum absolute atomic E-state index is 0.312. The molecule has 2 rings (SSSR count). The molecule has 0 N–H and O–H groups in total. The van der Waals surface area contributed by atoms with Crippen molar-refractivity contribution in [3.63, 3.8) is 0 Å². The molecule has 0 radical (unpaired) electrons. The third-order valence-corrected chi connectivity index (χ3v) is 2.54. The van der Waals surface area contributed by atoms with Gasteiger partial charge in [-0.3, -0.25) is 0 Å². The second-order valence-corrected chi connectivity index (χ2v) is 4.40. The maximum Gasteiger partial charge on any atom is 0.231 e. The zero-order valence-electron chi connectivity index (χ0n) is 9.86. The number of benzene rings is 1. The van der Waals surface area contributed by atoms with Gasteiger partial charge >= 0.3 is 0 Å². The van der Waals surface area contributed by atoms with Crippen molar-refractivity contribution in [2.45, 2.75) is 26.7 Å². The van der Waals surface area contributed by atoms with Crippen LogP contribution in [0.1, 0.15) is 26.7 Å². The first-order valence-electron chi connectivity index (χ1n) is 5.78. The summed E-state index contributed by atoms with van der Waals surface area (Å²) in [6, 6.07) is 5.70. The predicted molar refractivity (Wildman–Crippen MR) is 62.1 cm³/mol. The Balaban J connectivity index is 1.81. The molecular weight excluding hydrogens is 204 g/mol. The average Bonchev–Trinajstić information content (AvgIpc) is 2.71. The summed E-state index contributed by atoms with van der Waals surface area (Å²) in [5.41, 5.74) is 0. The molecule has 0 bridgehead atoms. The van der Waals surface area contributed by atoms with Crippen molar-refractivity contribution in [3.8, 4) is 17.2 Å². The SMILES string of the molecule is CC(C)CCCOc1ccc2c(c1)OCO2. The molecule has 0 aromatic heterocycles. The van der Waals surface area contributed by atoms with Crippen LogP contribution in [0.4, 0.5) is 0 Å². The Labute approximate surface area is 96.3 Å². The highest BCUT2D eigenvalue weighted by Gasteiger charge is 2.13. The molecule has 16 heavy (non-hydrogen) atoms. The van der Waals surface area contributed by atoms with E-state index >= 15 is 0 Å². The average molecular weight is 222 g/mol. The first-order valence-corrected chi connectivity index (χ1v) is 5.78. The fourth-order valence-corrected chi connectivity index (χ4v) is 1.65. The van der Waals surface area contributed by atoms with E-state index in [0.717, 1.165) is 36.2 Å². The van der Waals surface area contributed by atoms with Gasteiger partial charge in [-0.2, -0.15) is 0 Å².